The van der Waals surface area contributed by atoms with E-state index in [-0.39, 0.29) is 0 Å². The maximum Gasteiger partial charge on any atom is 0.191 e. The Morgan fingerprint density at radius 2 is 2.12 bits per heavy atom. The molecule has 0 aliphatic carbocycles. The van der Waals surface area contributed by atoms with Crippen molar-refractivity contribution in [2.45, 2.75) is 33.2 Å². The summed E-state index contributed by atoms with van der Waals surface area (Å²) in [6, 6.07) is 8.07. The van der Waals surface area contributed by atoms with Gasteiger partial charge in [0.1, 0.15) is 10.8 Å². The molecule has 0 atom stereocenters. The Balaban J connectivity index is 1.64. The van der Waals surface area contributed by atoms with Crippen molar-refractivity contribution in [2.24, 2.45) is 4.99 Å². The van der Waals surface area contributed by atoms with E-state index in [4.69, 9.17) is 4.74 Å². The van der Waals surface area contributed by atoms with E-state index in [0.29, 0.717) is 13.2 Å². The maximum absolute atomic E-state index is 5.79. The summed E-state index contributed by atoms with van der Waals surface area (Å²) < 4.78 is 5.79. The zero-order valence-electron chi connectivity index (χ0n) is 14.6. The van der Waals surface area contributed by atoms with Crippen molar-refractivity contribution >= 4 is 17.3 Å². The quantitative estimate of drug-likeness (QED) is 0.438. The minimum Gasteiger partial charge on any atom is -0.493 e. The molecule has 0 unspecified atom stereocenters. The van der Waals surface area contributed by atoms with Crippen LogP contribution in [0.2, 0.25) is 0 Å². The summed E-state index contributed by atoms with van der Waals surface area (Å²) in [7, 11) is 1.78. The summed E-state index contributed by atoms with van der Waals surface area (Å²) in [6.45, 7) is 6.39. The fourth-order valence-corrected chi connectivity index (χ4v) is 2.95. The highest BCUT2D eigenvalue weighted by molar-refractivity contribution is 7.11. The highest BCUT2D eigenvalue weighted by Gasteiger charge is 2.03. The Labute approximate surface area is 148 Å². The number of hydrogen-bond donors (Lipinski definition) is 2. The van der Waals surface area contributed by atoms with E-state index < -0.39 is 0 Å². The van der Waals surface area contributed by atoms with Crippen molar-refractivity contribution in [1.29, 1.82) is 0 Å². The van der Waals surface area contributed by atoms with Crippen molar-refractivity contribution in [3.63, 3.8) is 0 Å². The highest BCUT2D eigenvalue weighted by atomic mass is 32.1. The van der Waals surface area contributed by atoms with Crippen LogP contribution in [0.4, 0.5) is 0 Å². The van der Waals surface area contributed by atoms with Crippen molar-refractivity contribution in [3.8, 4) is 5.75 Å². The van der Waals surface area contributed by atoms with Gasteiger partial charge in [0.2, 0.25) is 0 Å². The molecule has 0 radical (unpaired) electrons. The van der Waals surface area contributed by atoms with Crippen LogP contribution in [0.5, 0.6) is 5.75 Å². The van der Waals surface area contributed by atoms with E-state index in [9.17, 15) is 0 Å². The van der Waals surface area contributed by atoms with E-state index in [1.54, 1.807) is 18.4 Å². The van der Waals surface area contributed by atoms with E-state index in [1.807, 2.05) is 24.4 Å². The first kappa shape index (κ1) is 18.3. The molecule has 1 aromatic carbocycles. The normalized spacial score (nSPS) is 11.4. The minimum absolute atomic E-state index is 0.682. The van der Waals surface area contributed by atoms with Crippen molar-refractivity contribution < 1.29 is 4.74 Å². The zero-order chi connectivity index (χ0) is 17.2. The van der Waals surface area contributed by atoms with Gasteiger partial charge in [-0.3, -0.25) is 4.99 Å². The van der Waals surface area contributed by atoms with Gasteiger partial charge >= 0.3 is 0 Å². The molecule has 2 rings (SSSR count). The lowest BCUT2D eigenvalue weighted by Crippen LogP contribution is -2.37. The van der Waals surface area contributed by atoms with Crippen LogP contribution in [0.15, 0.2) is 35.5 Å². The fraction of sp³-hybridized carbons (Fsp3) is 0.444. The number of benzene rings is 1. The van der Waals surface area contributed by atoms with Gasteiger partial charge in [0.05, 0.1) is 13.2 Å². The number of hydrogen-bond acceptors (Lipinski definition) is 4. The van der Waals surface area contributed by atoms with Gasteiger partial charge in [0, 0.05) is 24.7 Å². The van der Waals surface area contributed by atoms with Crippen molar-refractivity contribution in [1.82, 2.24) is 15.6 Å². The second-order valence-electron chi connectivity index (χ2n) is 5.39. The van der Waals surface area contributed by atoms with Crippen LogP contribution in [-0.2, 0) is 13.0 Å². The Morgan fingerprint density at radius 1 is 1.29 bits per heavy atom. The van der Waals surface area contributed by atoms with E-state index in [0.717, 1.165) is 41.7 Å². The molecule has 0 aliphatic heterocycles. The molecular weight excluding hydrogens is 320 g/mol. The lowest BCUT2D eigenvalue weighted by atomic mass is 10.2. The molecule has 1 heterocycles. The number of rotatable bonds is 8. The summed E-state index contributed by atoms with van der Waals surface area (Å²) in [5, 5.41) is 7.67. The maximum atomic E-state index is 5.79. The number of nitrogens with one attached hydrogen (secondary N) is 2. The first-order valence-electron chi connectivity index (χ1n) is 8.29. The molecule has 2 N–H and O–H groups in total. The predicted molar refractivity (Wildman–Crippen MR) is 101 cm³/mol. The van der Waals surface area contributed by atoms with Crippen LogP contribution in [0.1, 0.15) is 28.8 Å². The number of guanidine groups is 1. The predicted octanol–water partition coefficient (Wildman–Crippen LogP) is 3.15. The average Bonchev–Trinajstić information content (AvgIpc) is 3.07. The van der Waals surface area contributed by atoms with Gasteiger partial charge in [-0.1, -0.05) is 25.1 Å². The lowest BCUT2D eigenvalue weighted by molar-refractivity contribution is 0.309. The van der Waals surface area contributed by atoms with Gasteiger partial charge in [0.15, 0.2) is 5.96 Å². The van der Waals surface area contributed by atoms with Crippen LogP contribution in [0.3, 0.4) is 0 Å². The third-order valence-electron chi connectivity index (χ3n) is 3.55. The minimum atomic E-state index is 0.682. The fourth-order valence-electron chi connectivity index (χ4n) is 2.15. The first-order chi connectivity index (χ1) is 11.7. The molecular formula is C18H26N4OS. The van der Waals surface area contributed by atoms with Crippen LogP contribution in [-0.4, -0.2) is 31.1 Å². The van der Waals surface area contributed by atoms with Gasteiger partial charge < -0.3 is 15.4 Å². The Kier molecular flexibility index (Phi) is 7.55. The molecule has 2 aromatic rings. The second kappa shape index (κ2) is 9.93. The van der Waals surface area contributed by atoms with Gasteiger partial charge in [-0.2, -0.15) is 0 Å². The number of nitrogens with zero attached hydrogens (tertiary/aromatic N) is 2. The molecule has 0 aliphatic rings. The first-order valence-corrected chi connectivity index (χ1v) is 9.11. The van der Waals surface area contributed by atoms with E-state index >= 15 is 0 Å². The summed E-state index contributed by atoms with van der Waals surface area (Å²) in [6.07, 6.45) is 3.89. The lowest BCUT2D eigenvalue weighted by Gasteiger charge is -2.12. The number of aromatic nitrogens is 1. The third kappa shape index (κ3) is 5.85. The molecule has 0 saturated carbocycles. The van der Waals surface area contributed by atoms with Crippen LogP contribution < -0.4 is 15.4 Å². The van der Waals surface area contributed by atoms with Crippen molar-refractivity contribution in [3.05, 3.63) is 45.9 Å². The summed E-state index contributed by atoms with van der Waals surface area (Å²) in [5.74, 6) is 1.75. The molecule has 0 spiro atoms. The molecule has 0 saturated heterocycles. The SMILES string of the molecule is CCc1cnc(CNC(=NC)NCCCOc2ccccc2C)s1. The Bertz CT molecular complexity index is 654. The van der Waals surface area contributed by atoms with Crippen LogP contribution >= 0.6 is 11.3 Å². The second-order valence-corrected chi connectivity index (χ2v) is 6.59. The summed E-state index contributed by atoms with van der Waals surface area (Å²) in [5.41, 5.74) is 1.16. The number of ether oxygens (including phenoxy) is 1. The topological polar surface area (TPSA) is 58.5 Å². The third-order valence-corrected chi connectivity index (χ3v) is 4.69. The summed E-state index contributed by atoms with van der Waals surface area (Å²) >= 11 is 1.74. The van der Waals surface area contributed by atoms with Crippen LogP contribution in [0, 0.1) is 6.92 Å². The monoisotopic (exact) mass is 346 g/mol. The Morgan fingerprint density at radius 3 is 2.83 bits per heavy atom. The molecule has 130 valence electrons. The zero-order valence-corrected chi connectivity index (χ0v) is 15.4. The molecule has 0 bridgehead atoms. The smallest absolute Gasteiger partial charge is 0.191 e. The Hall–Kier alpha value is -2.08. The number of thiazole rings is 1. The van der Waals surface area contributed by atoms with Gasteiger partial charge in [-0.15, -0.1) is 11.3 Å². The largest absolute Gasteiger partial charge is 0.493 e. The molecule has 0 amide bonds. The standard InChI is InChI=1S/C18H26N4OS/c1-4-15-12-21-17(24-15)13-22-18(19-3)20-10-7-11-23-16-9-6-5-8-14(16)2/h5-6,8-9,12H,4,7,10-11,13H2,1-3H3,(H2,19,20,22). The molecule has 1 aromatic heterocycles. The molecule has 6 heteroatoms. The molecule has 0 fully saturated rings. The van der Waals surface area contributed by atoms with E-state index in [1.165, 1.54) is 4.88 Å². The number of para-hydroxylation sites is 1. The van der Waals surface area contributed by atoms with Gasteiger partial charge in [-0.25, -0.2) is 4.98 Å². The summed E-state index contributed by atoms with van der Waals surface area (Å²) in [4.78, 5) is 9.94. The van der Waals surface area contributed by atoms with Gasteiger partial charge in [-0.05, 0) is 31.4 Å². The molecule has 24 heavy (non-hydrogen) atoms. The number of aliphatic imine (C=N–C) groups is 1. The highest BCUT2D eigenvalue weighted by Crippen LogP contribution is 2.16. The molecule has 5 nitrogen and oxygen atoms in total. The average molecular weight is 346 g/mol. The van der Waals surface area contributed by atoms with Crippen LogP contribution in [0.25, 0.3) is 0 Å². The van der Waals surface area contributed by atoms with E-state index in [2.05, 4.69) is 40.5 Å². The number of aryl methyl sites for hydroxylation is 2. The van der Waals surface area contributed by atoms with Crippen molar-refractivity contribution in [2.75, 3.05) is 20.2 Å². The van der Waals surface area contributed by atoms with Gasteiger partial charge in [0.25, 0.3) is 0 Å².